The summed E-state index contributed by atoms with van der Waals surface area (Å²) in [6.45, 7) is 3.59. The van der Waals surface area contributed by atoms with Gasteiger partial charge in [0, 0.05) is 132 Å². The zero-order chi connectivity index (χ0) is 76.6. The Morgan fingerprint density at radius 2 is 0.457 bits per heavy atom. The molecular formula is C104H72B3N7O2. The number of aryl methyl sites for hydroxylation is 2. The van der Waals surface area contributed by atoms with E-state index in [2.05, 4.69) is 449 Å². The van der Waals surface area contributed by atoms with Crippen LogP contribution in [0.2, 0.25) is 0 Å². The SMILES string of the molecule is Cc1ccccc1N1c2cc3c(cc2B2c4ccccc4N(c4ccccc4)c4cc(N(c5ccccc5)c5ccccc5)cc1c42)B1c2cc4c(cc2Oc2cc(N(c5ccccc5)c5ccccc5)cc(c21)O3)N(c1ccccc1C)c1cc(N(c2ccccc2)c2ccccc2)cc2c1B4c1ccccc1N2c1ccccc1. The molecule has 23 rings (SSSR count). The Labute approximate surface area is 676 Å². The number of hydrogen-bond acceptors (Lipinski definition) is 9. The highest BCUT2D eigenvalue weighted by Crippen LogP contribution is 2.54. The Bertz CT molecular complexity index is 6270. The van der Waals surface area contributed by atoms with Crippen LogP contribution in [0.1, 0.15) is 11.1 Å². The number of para-hydroxylation sites is 12. The molecule has 0 atom stereocenters. The molecule has 0 saturated carbocycles. The van der Waals surface area contributed by atoms with Crippen molar-refractivity contribution in [2.45, 2.75) is 13.8 Å². The number of anilines is 21. The molecule has 544 valence electrons. The van der Waals surface area contributed by atoms with E-state index in [1.165, 1.54) is 32.8 Å². The molecule has 0 bridgehead atoms. The summed E-state index contributed by atoms with van der Waals surface area (Å²) < 4.78 is 15.9. The molecular weight excluding hydrogens is 1410 g/mol. The standard InChI is InChI=1S/C104H72B3N7O2/c1-69-35-27-31-55-88(69)113-92-67-98-86(65-84(92)105-82-53-29-33-57-90(82)111(77-49-23-9-24-50-77)94-59-79(61-96(113)102(94)105)108(71-37-11-3-12-38-71)72-39-13-4-14-40-72)107-87-66-85-93(68-99(87)116-101-64-81(63-100(115-98)104(101)107)110(75-45-19-7-20-46-75)76-47-21-8-22-48-76)114(89-56-32-28-36-70(89)2)97-62-80(109(73-41-15-5-16-42-73)74-43-17-6-18-44-74)60-95-103(97)106(85)83-54-30-34-58-91(83)112(95)78-51-25-10-26-52-78/h3-68H,1-2H3. The van der Waals surface area contributed by atoms with Crippen molar-refractivity contribution in [2.75, 3.05) is 34.3 Å². The molecule has 116 heavy (non-hydrogen) atoms. The van der Waals surface area contributed by atoms with Gasteiger partial charge >= 0.3 is 0 Å². The molecule has 9 nitrogen and oxygen atoms in total. The van der Waals surface area contributed by atoms with Gasteiger partial charge in [-0.05, 0) is 214 Å². The van der Waals surface area contributed by atoms with Gasteiger partial charge in [-0.25, -0.2) is 0 Å². The summed E-state index contributed by atoms with van der Waals surface area (Å²) in [6.07, 6.45) is 0. The van der Waals surface area contributed by atoms with Crippen LogP contribution >= 0.6 is 0 Å². The molecule has 6 aliphatic rings. The average Bonchev–Trinajstić information content (AvgIpc) is 0.693. The Hall–Kier alpha value is -14.9. The van der Waals surface area contributed by atoms with E-state index in [0.717, 1.165) is 170 Å². The predicted molar refractivity (Wildman–Crippen MR) is 486 cm³/mol. The highest BCUT2D eigenvalue weighted by Gasteiger charge is 2.51. The fourth-order valence-corrected chi connectivity index (χ4v) is 19.4. The maximum atomic E-state index is 7.94. The van der Waals surface area contributed by atoms with Gasteiger partial charge in [0.1, 0.15) is 23.0 Å². The largest absolute Gasteiger partial charge is 0.458 e. The van der Waals surface area contributed by atoms with Crippen LogP contribution in [0.15, 0.2) is 400 Å². The predicted octanol–water partition coefficient (Wildman–Crippen LogP) is 21.6. The van der Waals surface area contributed by atoms with Crippen LogP contribution < -0.4 is 92.9 Å². The monoisotopic (exact) mass is 1480 g/mol. The van der Waals surface area contributed by atoms with E-state index >= 15 is 0 Å². The zero-order valence-corrected chi connectivity index (χ0v) is 63.8. The minimum absolute atomic E-state index is 0.252. The van der Waals surface area contributed by atoms with Crippen molar-refractivity contribution in [2.24, 2.45) is 0 Å². The molecule has 17 aromatic rings. The van der Waals surface area contributed by atoms with Crippen molar-refractivity contribution < 1.29 is 9.47 Å². The average molecular weight is 1480 g/mol. The number of ether oxygens (including phenoxy) is 2. The third-order valence-corrected chi connectivity index (χ3v) is 24.2. The highest BCUT2D eigenvalue weighted by molar-refractivity contribution is 7.04. The van der Waals surface area contributed by atoms with Gasteiger partial charge < -0.3 is 43.8 Å². The summed E-state index contributed by atoms with van der Waals surface area (Å²) >= 11 is 0. The van der Waals surface area contributed by atoms with E-state index in [1.54, 1.807) is 0 Å². The lowest BCUT2D eigenvalue weighted by molar-refractivity contribution is 0.465. The maximum absolute atomic E-state index is 7.94. The Morgan fingerprint density at radius 1 is 0.190 bits per heavy atom. The van der Waals surface area contributed by atoms with Gasteiger partial charge in [0.25, 0.3) is 20.1 Å². The van der Waals surface area contributed by atoms with Gasteiger partial charge in [-0.1, -0.05) is 231 Å². The first kappa shape index (κ1) is 66.9. The molecule has 6 aliphatic heterocycles. The van der Waals surface area contributed by atoms with Crippen LogP contribution in [-0.2, 0) is 0 Å². The van der Waals surface area contributed by atoms with E-state index in [1.807, 2.05) is 0 Å². The number of nitrogens with zero attached hydrogens (tertiary/aromatic N) is 7. The number of benzene rings is 17. The molecule has 0 unspecified atom stereocenters. The van der Waals surface area contributed by atoms with E-state index in [9.17, 15) is 0 Å². The third kappa shape index (κ3) is 10.5. The van der Waals surface area contributed by atoms with Crippen molar-refractivity contribution in [3.05, 3.63) is 412 Å². The summed E-state index contributed by atoms with van der Waals surface area (Å²) in [6, 6.07) is 147. The van der Waals surface area contributed by atoms with Crippen molar-refractivity contribution in [3.63, 3.8) is 0 Å². The van der Waals surface area contributed by atoms with Crippen LogP contribution in [0.5, 0.6) is 23.0 Å². The molecule has 6 heterocycles. The quantitative estimate of drug-likeness (QED) is 0.105. The van der Waals surface area contributed by atoms with Gasteiger partial charge in [0.05, 0.1) is 17.1 Å². The lowest BCUT2D eigenvalue weighted by atomic mass is 9.29. The molecule has 0 spiro atoms. The normalized spacial score (nSPS) is 13.1. The molecule has 0 radical (unpaired) electrons. The number of fused-ring (bicyclic) bond motifs is 12. The van der Waals surface area contributed by atoms with Crippen LogP contribution in [0.25, 0.3) is 0 Å². The first-order valence-corrected chi connectivity index (χ1v) is 40.0. The lowest BCUT2D eigenvalue weighted by Crippen LogP contribution is -2.65. The van der Waals surface area contributed by atoms with Gasteiger partial charge in [0.2, 0.25) is 0 Å². The summed E-state index contributed by atoms with van der Waals surface area (Å²) in [4.78, 5) is 17.3. The fourth-order valence-electron chi connectivity index (χ4n) is 19.4. The molecule has 0 amide bonds. The van der Waals surface area contributed by atoms with Crippen LogP contribution in [0.4, 0.5) is 119 Å². The summed E-state index contributed by atoms with van der Waals surface area (Å²) in [5.74, 6) is 3.00. The van der Waals surface area contributed by atoms with Gasteiger partial charge in [0.15, 0.2) is 0 Å². The smallest absolute Gasteiger partial charge is 0.260 e. The van der Waals surface area contributed by atoms with E-state index < -0.39 is 6.71 Å². The van der Waals surface area contributed by atoms with Crippen LogP contribution in [0, 0.1) is 13.8 Å². The van der Waals surface area contributed by atoms with Crippen LogP contribution in [-0.4, -0.2) is 20.1 Å². The van der Waals surface area contributed by atoms with E-state index in [4.69, 9.17) is 9.47 Å². The summed E-state index contributed by atoms with van der Waals surface area (Å²) in [5.41, 5.74) is 34.7. The third-order valence-electron chi connectivity index (χ3n) is 24.2. The molecule has 0 fully saturated rings. The molecule has 0 N–H and O–H groups in total. The van der Waals surface area contributed by atoms with E-state index in [-0.39, 0.29) is 13.4 Å². The summed E-state index contributed by atoms with van der Waals surface area (Å²) in [7, 11) is 0. The van der Waals surface area contributed by atoms with Crippen molar-refractivity contribution in [3.8, 4) is 23.0 Å². The molecule has 17 aromatic carbocycles. The van der Waals surface area contributed by atoms with Gasteiger partial charge in [-0.3, -0.25) is 0 Å². The van der Waals surface area contributed by atoms with Crippen LogP contribution in [0.3, 0.4) is 0 Å². The maximum Gasteiger partial charge on any atom is 0.260 e. The number of rotatable bonds is 13. The van der Waals surface area contributed by atoms with Crippen molar-refractivity contribution in [1.29, 1.82) is 0 Å². The Balaban J connectivity index is 0.811. The fraction of sp³-hybridized carbons (Fsp3) is 0.0192. The minimum Gasteiger partial charge on any atom is -0.458 e. The first-order chi connectivity index (χ1) is 57.4. The first-order valence-electron chi connectivity index (χ1n) is 40.0. The molecule has 12 heteroatoms. The Morgan fingerprint density at radius 3 is 0.784 bits per heavy atom. The molecule has 0 aromatic heterocycles. The second kappa shape index (κ2) is 26.9. The van der Waals surface area contributed by atoms with Crippen molar-refractivity contribution in [1.82, 2.24) is 0 Å². The molecule has 0 aliphatic carbocycles. The summed E-state index contributed by atoms with van der Waals surface area (Å²) in [5, 5.41) is 0. The van der Waals surface area contributed by atoms with Gasteiger partial charge in [-0.15, -0.1) is 0 Å². The van der Waals surface area contributed by atoms with E-state index in [0.29, 0.717) is 0 Å². The topological polar surface area (TPSA) is 41.1 Å². The number of hydrogen-bond donors (Lipinski definition) is 0. The van der Waals surface area contributed by atoms with Crippen molar-refractivity contribution >= 4 is 189 Å². The second-order valence-electron chi connectivity index (χ2n) is 30.8. The zero-order valence-electron chi connectivity index (χ0n) is 63.8. The minimum atomic E-state index is -0.403. The Kier molecular flexibility index (Phi) is 15.5. The second-order valence-corrected chi connectivity index (χ2v) is 30.8. The highest BCUT2D eigenvalue weighted by atomic mass is 16.5. The van der Waals surface area contributed by atoms with Gasteiger partial charge in [-0.2, -0.15) is 0 Å². The molecule has 0 saturated heterocycles. The lowest BCUT2D eigenvalue weighted by Gasteiger charge is -2.46.